The van der Waals surface area contributed by atoms with E-state index < -0.39 is 0 Å². The molecule has 0 unspecified atom stereocenters. The van der Waals surface area contributed by atoms with Crippen molar-refractivity contribution in [2.45, 2.75) is 51.6 Å². The van der Waals surface area contributed by atoms with Gasteiger partial charge >= 0.3 is 0 Å². The molecule has 204 valence electrons. The van der Waals surface area contributed by atoms with Gasteiger partial charge in [-0.05, 0) is 75.4 Å². The first-order valence-corrected chi connectivity index (χ1v) is 13.4. The summed E-state index contributed by atoms with van der Waals surface area (Å²) in [5.41, 5.74) is 2.52. The van der Waals surface area contributed by atoms with E-state index >= 15 is 0 Å². The van der Waals surface area contributed by atoms with Crippen LogP contribution in [0.5, 0.6) is 5.75 Å². The maximum absolute atomic E-state index is 13.5. The lowest BCUT2D eigenvalue weighted by Crippen LogP contribution is -2.46. The minimum atomic E-state index is -0.137. The molecule has 3 aliphatic heterocycles. The van der Waals surface area contributed by atoms with E-state index in [1.807, 2.05) is 12.1 Å². The quantitative estimate of drug-likeness (QED) is 0.460. The van der Waals surface area contributed by atoms with Crippen LogP contribution in [-0.4, -0.2) is 73.0 Å². The normalized spacial score (nSPS) is 23.8. The zero-order valence-corrected chi connectivity index (χ0v) is 24.1. The molecule has 0 radical (unpaired) electrons. The summed E-state index contributed by atoms with van der Waals surface area (Å²) in [4.78, 5) is 20.9. The van der Waals surface area contributed by atoms with Crippen molar-refractivity contribution in [1.82, 2.24) is 14.7 Å². The maximum atomic E-state index is 13.5. The van der Waals surface area contributed by atoms with Crippen molar-refractivity contribution < 1.29 is 9.53 Å². The van der Waals surface area contributed by atoms with Crippen LogP contribution in [0.2, 0.25) is 0 Å². The fourth-order valence-electron chi connectivity index (χ4n) is 6.54. The molecule has 0 bridgehead atoms. The van der Waals surface area contributed by atoms with Gasteiger partial charge < -0.3 is 14.5 Å². The number of halogens is 2. The van der Waals surface area contributed by atoms with E-state index in [1.165, 1.54) is 17.7 Å². The molecule has 5 rings (SSSR count). The molecule has 3 fully saturated rings. The summed E-state index contributed by atoms with van der Waals surface area (Å²) in [5.74, 6) is 2.49. The third-order valence-corrected chi connectivity index (χ3v) is 8.87. The molecule has 37 heavy (non-hydrogen) atoms. The Labute approximate surface area is 235 Å². The van der Waals surface area contributed by atoms with Crippen LogP contribution >= 0.6 is 24.8 Å². The van der Waals surface area contributed by atoms with Crippen LogP contribution in [0.3, 0.4) is 0 Å². The monoisotopic (exact) mass is 547 g/mol. The van der Waals surface area contributed by atoms with E-state index in [0.29, 0.717) is 30.3 Å². The Hall–Kier alpha value is -1.79. The van der Waals surface area contributed by atoms with Crippen molar-refractivity contribution in [2.75, 3.05) is 46.4 Å². The molecular formula is C30H43Cl2N3O2. The summed E-state index contributed by atoms with van der Waals surface area (Å²) in [6.45, 7) is 11.8. The van der Waals surface area contributed by atoms with Crippen LogP contribution in [0.15, 0.2) is 54.6 Å². The number of amides is 1. The third kappa shape index (κ3) is 6.44. The molecule has 0 aromatic heterocycles. The first kappa shape index (κ1) is 29.8. The molecule has 7 heteroatoms. The second-order valence-corrected chi connectivity index (χ2v) is 11.2. The van der Waals surface area contributed by atoms with Crippen molar-refractivity contribution >= 4 is 30.7 Å². The number of piperidine rings is 1. The highest BCUT2D eigenvalue weighted by Gasteiger charge is 2.48. The van der Waals surface area contributed by atoms with Gasteiger partial charge in [0, 0.05) is 44.7 Å². The molecule has 5 nitrogen and oxygen atoms in total. The first-order valence-electron chi connectivity index (χ1n) is 13.4. The van der Waals surface area contributed by atoms with E-state index in [2.05, 4.69) is 71.0 Å². The van der Waals surface area contributed by atoms with E-state index in [-0.39, 0.29) is 30.2 Å². The van der Waals surface area contributed by atoms with Crippen LogP contribution in [0.1, 0.15) is 50.2 Å². The zero-order chi connectivity index (χ0) is 24.4. The lowest BCUT2D eigenvalue weighted by molar-refractivity contribution is -0.139. The Morgan fingerprint density at radius 2 is 1.57 bits per heavy atom. The van der Waals surface area contributed by atoms with Gasteiger partial charge in [0.15, 0.2) is 0 Å². The largest absolute Gasteiger partial charge is 0.497 e. The Bertz CT molecular complexity index is 994. The third-order valence-electron chi connectivity index (χ3n) is 8.87. The Kier molecular flexibility index (Phi) is 10.3. The number of carbonyl (C=O) groups is 1. The molecule has 0 saturated carbocycles. The van der Waals surface area contributed by atoms with E-state index in [4.69, 9.17) is 4.74 Å². The van der Waals surface area contributed by atoms with Gasteiger partial charge in [0.05, 0.1) is 12.5 Å². The van der Waals surface area contributed by atoms with Crippen molar-refractivity contribution in [1.29, 1.82) is 0 Å². The summed E-state index contributed by atoms with van der Waals surface area (Å²) in [6, 6.07) is 19.8. The summed E-state index contributed by atoms with van der Waals surface area (Å²) in [5, 5.41) is 0. The second kappa shape index (κ2) is 12.8. The molecule has 2 aromatic carbocycles. The lowest BCUT2D eigenvalue weighted by atomic mass is 9.76. The highest BCUT2D eigenvalue weighted by molar-refractivity contribution is 5.86. The zero-order valence-electron chi connectivity index (χ0n) is 22.5. The fraction of sp³-hybridized carbons (Fsp3) is 0.567. The van der Waals surface area contributed by atoms with Gasteiger partial charge in [-0.1, -0.05) is 42.5 Å². The first-order chi connectivity index (χ1) is 17.0. The number of benzene rings is 2. The average molecular weight is 549 g/mol. The van der Waals surface area contributed by atoms with E-state index in [9.17, 15) is 4.79 Å². The number of hydrogen-bond donors (Lipinski definition) is 0. The second-order valence-electron chi connectivity index (χ2n) is 11.2. The molecular weight excluding hydrogens is 505 g/mol. The van der Waals surface area contributed by atoms with Gasteiger partial charge in [-0.25, -0.2) is 0 Å². The molecule has 3 heterocycles. The van der Waals surface area contributed by atoms with Gasteiger partial charge in [-0.2, -0.15) is 0 Å². The number of nitrogens with zero attached hydrogens (tertiary/aromatic N) is 3. The van der Waals surface area contributed by atoms with Gasteiger partial charge in [0.2, 0.25) is 5.91 Å². The molecule has 1 spiro atoms. The van der Waals surface area contributed by atoms with Crippen molar-refractivity contribution in [3.8, 4) is 5.75 Å². The van der Waals surface area contributed by atoms with Gasteiger partial charge in [0.25, 0.3) is 0 Å². The minimum Gasteiger partial charge on any atom is -0.497 e. The molecule has 3 aliphatic rings. The standard InChI is InChI=1S/C30H41N3O2.2ClH/c1-23(2)33-21-26(28(22-33)25-7-5-4-6-8-25)20-31-16-13-30(14-17-31)15-18-32(29(30)34)19-24-9-11-27(35-3)12-10-24;;/h4-12,23,26,28H,13-22H2,1-3H3;2*1H/t26-,28+;;/m0../s1. The molecule has 2 aromatic rings. The highest BCUT2D eigenvalue weighted by Crippen LogP contribution is 2.43. The predicted molar refractivity (Wildman–Crippen MR) is 155 cm³/mol. The summed E-state index contributed by atoms with van der Waals surface area (Å²) < 4.78 is 5.27. The smallest absolute Gasteiger partial charge is 0.229 e. The average Bonchev–Trinajstić information content (AvgIpc) is 3.44. The summed E-state index contributed by atoms with van der Waals surface area (Å²) in [6.07, 6.45) is 3.01. The maximum Gasteiger partial charge on any atom is 0.229 e. The predicted octanol–water partition coefficient (Wildman–Crippen LogP) is 5.48. The number of ether oxygens (including phenoxy) is 1. The summed E-state index contributed by atoms with van der Waals surface area (Å²) in [7, 11) is 1.68. The minimum absolute atomic E-state index is 0. The summed E-state index contributed by atoms with van der Waals surface area (Å²) >= 11 is 0. The molecule has 2 atom stereocenters. The van der Waals surface area contributed by atoms with Crippen molar-refractivity contribution in [3.63, 3.8) is 0 Å². The van der Waals surface area contributed by atoms with E-state index in [0.717, 1.165) is 57.7 Å². The van der Waals surface area contributed by atoms with Crippen LogP contribution in [0, 0.1) is 11.3 Å². The molecule has 3 saturated heterocycles. The van der Waals surface area contributed by atoms with Gasteiger partial charge in [-0.15, -0.1) is 24.8 Å². The van der Waals surface area contributed by atoms with Crippen LogP contribution in [-0.2, 0) is 11.3 Å². The van der Waals surface area contributed by atoms with Crippen LogP contribution < -0.4 is 4.74 Å². The highest BCUT2D eigenvalue weighted by atomic mass is 35.5. The molecule has 0 aliphatic carbocycles. The molecule has 0 N–H and O–H groups in total. The number of hydrogen-bond acceptors (Lipinski definition) is 4. The van der Waals surface area contributed by atoms with Crippen molar-refractivity contribution in [3.05, 3.63) is 65.7 Å². The van der Waals surface area contributed by atoms with Gasteiger partial charge in [0.1, 0.15) is 5.75 Å². The van der Waals surface area contributed by atoms with E-state index in [1.54, 1.807) is 7.11 Å². The molecule has 1 amide bonds. The Morgan fingerprint density at radius 3 is 2.19 bits per heavy atom. The fourth-order valence-corrected chi connectivity index (χ4v) is 6.54. The topological polar surface area (TPSA) is 36.0 Å². The number of rotatable bonds is 7. The SMILES string of the molecule is COc1ccc(CN2CCC3(CCN(C[C@H]4CN(C(C)C)C[C@@H]4c4ccccc4)CC3)C2=O)cc1.Cl.Cl. The number of methoxy groups -OCH3 is 1. The number of carbonyl (C=O) groups excluding carboxylic acids is 1. The Balaban J connectivity index is 0.00000190. The lowest BCUT2D eigenvalue weighted by Gasteiger charge is -2.39. The van der Waals surface area contributed by atoms with Crippen LogP contribution in [0.4, 0.5) is 0 Å². The van der Waals surface area contributed by atoms with Gasteiger partial charge in [-0.3, -0.25) is 9.69 Å². The van der Waals surface area contributed by atoms with Crippen LogP contribution in [0.25, 0.3) is 0 Å². The number of likely N-dealkylation sites (tertiary alicyclic amines) is 3. The Morgan fingerprint density at radius 1 is 0.919 bits per heavy atom. The van der Waals surface area contributed by atoms with Crippen molar-refractivity contribution in [2.24, 2.45) is 11.3 Å².